The SMILES string of the molecule is COc1cc2cc(c1Cl)N(C)C(=O)C[C@H](OC(=O)[C@H](C)N(C)C(=O)CN)[C@]1(C)O[C@H]1[C@H](C)[C@@H]1C[C@@](O)(NC(=O)O1)[C@H](OC)/C=C/C=C(\C)C2. The number of likely N-dealkylation sites (N-methyl/N-ethyl adjacent to an activating group) is 1. The Morgan fingerprint density at radius 3 is 2.61 bits per heavy atom. The van der Waals surface area contributed by atoms with Gasteiger partial charge in [0.25, 0.3) is 0 Å². The van der Waals surface area contributed by atoms with Gasteiger partial charge < -0.3 is 44.3 Å². The molecule has 270 valence electrons. The Morgan fingerprint density at radius 1 is 1.29 bits per heavy atom. The standard InChI is InChI=1S/C34H47ClN4O10/c1-18-10-9-11-25(46-8)34(44)16-24(47-32(43)37-34)19(2)30-33(4,49-30)26(48-31(42)20(3)38(5)28(41)17-36)15-27(40)39(6)22-13-21(12-18)14-23(45-7)29(22)35/h9-11,13-14,19-20,24-26,30,44H,12,15-17,36H2,1-8H3,(H,37,43)/b11-9+,18-10+/t19-,20+,24+,25-,26+,30+,33+,34+/m1/s1. The minimum Gasteiger partial charge on any atom is -0.495 e. The molecular formula is C34H47ClN4O10. The molecule has 15 heteroatoms. The van der Waals surface area contributed by atoms with Crippen LogP contribution in [0.3, 0.4) is 0 Å². The molecule has 1 aromatic carbocycles. The summed E-state index contributed by atoms with van der Waals surface area (Å²) >= 11 is 6.71. The highest BCUT2D eigenvalue weighted by Gasteiger charge is 2.64. The molecule has 0 unspecified atom stereocenters. The van der Waals surface area contributed by atoms with Crippen LogP contribution >= 0.6 is 11.6 Å². The number of rotatable bonds is 6. The number of carbonyl (C=O) groups is 4. The summed E-state index contributed by atoms with van der Waals surface area (Å²) in [6, 6.07) is 2.54. The maximum Gasteiger partial charge on any atom is 0.409 e. The number of amides is 3. The molecule has 4 rings (SSSR count). The lowest BCUT2D eigenvalue weighted by molar-refractivity contribution is -0.161. The summed E-state index contributed by atoms with van der Waals surface area (Å²) in [4.78, 5) is 55.0. The van der Waals surface area contributed by atoms with E-state index >= 15 is 0 Å². The lowest BCUT2D eigenvalue weighted by Gasteiger charge is -2.42. The van der Waals surface area contributed by atoms with Crippen molar-refractivity contribution in [2.24, 2.45) is 11.7 Å². The number of benzene rings is 1. The van der Waals surface area contributed by atoms with Gasteiger partial charge in [0.1, 0.15) is 40.7 Å². The van der Waals surface area contributed by atoms with E-state index in [9.17, 15) is 24.3 Å². The van der Waals surface area contributed by atoms with Crippen LogP contribution in [0.4, 0.5) is 10.5 Å². The van der Waals surface area contributed by atoms with Crippen LogP contribution in [0.1, 0.15) is 46.1 Å². The van der Waals surface area contributed by atoms with Crippen molar-refractivity contribution in [3.63, 3.8) is 0 Å². The molecule has 0 spiro atoms. The number of allylic oxidation sites excluding steroid dienone is 3. The van der Waals surface area contributed by atoms with E-state index in [1.54, 1.807) is 45.2 Å². The van der Waals surface area contributed by atoms with E-state index in [2.05, 4.69) is 5.32 Å². The van der Waals surface area contributed by atoms with Gasteiger partial charge >= 0.3 is 12.1 Å². The molecule has 3 amide bonds. The molecule has 2 fully saturated rings. The number of ether oxygens (including phenoxy) is 5. The summed E-state index contributed by atoms with van der Waals surface area (Å²) < 4.78 is 28.9. The zero-order chi connectivity index (χ0) is 36.4. The van der Waals surface area contributed by atoms with Crippen LogP contribution in [0, 0.1) is 5.92 Å². The third kappa shape index (κ3) is 8.04. The monoisotopic (exact) mass is 706 g/mol. The number of aliphatic hydroxyl groups is 1. The predicted molar refractivity (Wildman–Crippen MR) is 180 cm³/mol. The Kier molecular flexibility index (Phi) is 11.7. The minimum absolute atomic E-state index is 0.0549. The van der Waals surface area contributed by atoms with Gasteiger partial charge in [-0.1, -0.05) is 42.3 Å². The summed E-state index contributed by atoms with van der Waals surface area (Å²) in [6.45, 7) is 6.58. The van der Waals surface area contributed by atoms with Crippen LogP contribution in [0.15, 0.2) is 35.9 Å². The Morgan fingerprint density at radius 2 is 1.98 bits per heavy atom. The van der Waals surface area contributed by atoms with Gasteiger partial charge in [0.05, 0.1) is 31.9 Å². The van der Waals surface area contributed by atoms with E-state index < -0.39 is 71.6 Å². The maximum absolute atomic E-state index is 14.0. The summed E-state index contributed by atoms with van der Waals surface area (Å²) in [6.07, 6.45) is 0.874. The smallest absolute Gasteiger partial charge is 0.409 e. The third-order valence-corrected chi connectivity index (χ3v) is 10.1. The molecule has 3 heterocycles. The largest absolute Gasteiger partial charge is 0.495 e. The average molecular weight is 707 g/mol. The number of hydrogen-bond donors (Lipinski definition) is 3. The highest BCUT2D eigenvalue weighted by molar-refractivity contribution is 6.35. The van der Waals surface area contributed by atoms with Crippen LogP contribution in [0.2, 0.25) is 5.02 Å². The summed E-state index contributed by atoms with van der Waals surface area (Å²) in [5, 5.41) is 14.4. The van der Waals surface area contributed by atoms with Crippen molar-refractivity contribution in [2.45, 2.75) is 88.7 Å². The minimum atomic E-state index is -1.83. The van der Waals surface area contributed by atoms with Gasteiger partial charge in [-0.05, 0) is 44.9 Å². The normalized spacial score (nSPS) is 32.8. The van der Waals surface area contributed by atoms with Gasteiger partial charge in [0.2, 0.25) is 11.8 Å². The number of carbonyl (C=O) groups excluding carboxylic acids is 4. The van der Waals surface area contributed by atoms with E-state index in [-0.39, 0.29) is 24.4 Å². The molecule has 4 bridgehead atoms. The zero-order valence-corrected chi connectivity index (χ0v) is 29.9. The molecule has 0 saturated carbocycles. The molecule has 1 aromatic rings. The first-order chi connectivity index (χ1) is 23.0. The number of esters is 1. The third-order valence-electron chi connectivity index (χ3n) is 9.70. The van der Waals surface area contributed by atoms with Crippen LogP contribution in [0.25, 0.3) is 0 Å². The number of nitrogens with zero attached hydrogens (tertiary/aromatic N) is 2. The number of fused-ring (bicyclic) bond motifs is 5. The van der Waals surface area contributed by atoms with Gasteiger partial charge in [-0.2, -0.15) is 0 Å². The Bertz CT molecular complexity index is 1520. The van der Waals surface area contributed by atoms with Crippen molar-refractivity contribution in [3.05, 3.63) is 46.5 Å². The number of hydrogen-bond acceptors (Lipinski definition) is 11. The van der Waals surface area contributed by atoms with Crippen molar-refractivity contribution in [1.82, 2.24) is 10.2 Å². The van der Waals surface area contributed by atoms with Gasteiger partial charge in [0, 0.05) is 33.5 Å². The first-order valence-corrected chi connectivity index (χ1v) is 16.4. The quantitative estimate of drug-likeness (QED) is 0.292. The van der Waals surface area contributed by atoms with Crippen molar-refractivity contribution in [1.29, 1.82) is 0 Å². The molecule has 3 aliphatic heterocycles. The molecule has 0 aromatic heterocycles. The number of methoxy groups -OCH3 is 2. The van der Waals surface area contributed by atoms with E-state index in [1.807, 2.05) is 13.0 Å². The number of nitrogens with one attached hydrogen (secondary N) is 1. The number of halogens is 1. The van der Waals surface area contributed by atoms with Crippen molar-refractivity contribution in [2.75, 3.05) is 39.8 Å². The zero-order valence-electron chi connectivity index (χ0n) is 29.2. The molecule has 8 atom stereocenters. The molecule has 0 radical (unpaired) electrons. The van der Waals surface area contributed by atoms with Gasteiger partial charge in [-0.25, -0.2) is 9.59 Å². The fourth-order valence-corrected chi connectivity index (χ4v) is 6.68. The van der Waals surface area contributed by atoms with Crippen molar-refractivity contribution >= 4 is 41.2 Å². The van der Waals surface area contributed by atoms with Crippen LogP contribution in [-0.2, 0) is 39.8 Å². The number of anilines is 1. The second-order valence-electron chi connectivity index (χ2n) is 13.1. The highest BCUT2D eigenvalue weighted by atomic mass is 35.5. The molecule has 2 saturated heterocycles. The van der Waals surface area contributed by atoms with Crippen LogP contribution < -0.4 is 20.7 Å². The number of nitrogens with two attached hydrogens (primary N) is 1. The van der Waals surface area contributed by atoms with Crippen LogP contribution in [-0.4, -0.2) is 111 Å². The molecule has 4 N–H and O–H groups in total. The average Bonchev–Trinajstić information content (AvgIpc) is 3.76. The van der Waals surface area contributed by atoms with Gasteiger partial charge in [0.15, 0.2) is 5.72 Å². The first kappa shape index (κ1) is 38.1. The Labute approximate surface area is 291 Å². The number of alkyl carbamates (subject to hydrolysis) is 1. The maximum atomic E-state index is 14.0. The lowest BCUT2D eigenvalue weighted by atomic mass is 9.83. The predicted octanol–water partition coefficient (Wildman–Crippen LogP) is 2.47. The topological polar surface area (TPSA) is 182 Å². The van der Waals surface area contributed by atoms with E-state index in [4.69, 9.17) is 41.0 Å². The molecule has 14 nitrogen and oxygen atoms in total. The highest BCUT2D eigenvalue weighted by Crippen LogP contribution is 2.49. The fourth-order valence-electron chi connectivity index (χ4n) is 6.36. The molecular weight excluding hydrogens is 660 g/mol. The second kappa shape index (κ2) is 15.1. The van der Waals surface area contributed by atoms with E-state index in [0.29, 0.717) is 17.9 Å². The fraction of sp³-hybridized carbons (Fsp3) is 0.588. The van der Waals surface area contributed by atoms with Crippen LogP contribution in [0.5, 0.6) is 5.75 Å². The number of epoxide rings is 1. The summed E-state index contributed by atoms with van der Waals surface area (Å²) in [7, 11) is 5.90. The summed E-state index contributed by atoms with van der Waals surface area (Å²) in [5.74, 6) is -1.85. The second-order valence-corrected chi connectivity index (χ2v) is 13.5. The Hall–Kier alpha value is -3.69. The van der Waals surface area contributed by atoms with E-state index in [1.165, 1.54) is 38.0 Å². The molecule has 0 aliphatic carbocycles. The van der Waals surface area contributed by atoms with E-state index in [0.717, 1.165) is 11.1 Å². The van der Waals surface area contributed by atoms with Crippen molar-refractivity contribution < 1.29 is 48.0 Å². The Balaban J connectivity index is 1.79. The lowest BCUT2D eigenvalue weighted by Crippen LogP contribution is -2.63. The van der Waals surface area contributed by atoms with Gasteiger partial charge in [-0.3, -0.25) is 14.9 Å². The molecule has 3 aliphatic rings. The summed E-state index contributed by atoms with van der Waals surface area (Å²) in [5.41, 5.74) is 4.56. The van der Waals surface area contributed by atoms with Crippen molar-refractivity contribution in [3.8, 4) is 5.75 Å². The molecule has 49 heavy (non-hydrogen) atoms. The van der Waals surface area contributed by atoms with Gasteiger partial charge in [-0.15, -0.1) is 0 Å². The first-order valence-electron chi connectivity index (χ1n) is 16.0.